The van der Waals surface area contributed by atoms with Crippen LogP contribution >= 0.6 is 11.3 Å². The van der Waals surface area contributed by atoms with Gasteiger partial charge in [0.25, 0.3) is 0 Å². The zero-order valence-corrected chi connectivity index (χ0v) is 10.0. The number of aromatic nitrogens is 5. The van der Waals surface area contributed by atoms with E-state index in [0.717, 1.165) is 5.69 Å². The lowest BCUT2D eigenvalue weighted by atomic mass is 10.5. The number of nitrogen functional groups attached to an aromatic ring is 1. The quantitative estimate of drug-likeness (QED) is 0.739. The second kappa shape index (κ2) is 4.41. The van der Waals surface area contributed by atoms with Crippen molar-refractivity contribution >= 4 is 28.9 Å². The van der Waals surface area contributed by atoms with E-state index in [-0.39, 0.29) is 5.95 Å². The molecule has 3 N–H and O–H groups in total. The minimum absolute atomic E-state index is 0.159. The molecule has 90 valence electrons. The summed E-state index contributed by atoms with van der Waals surface area (Å²) in [6, 6.07) is 1.93. The van der Waals surface area contributed by atoms with Gasteiger partial charge in [-0.1, -0.05) is 0 Å². The normalized spacial score (nSPS) is 10.4. The predicted octanol–water partition coefficient (Wildman–Crippen LogP) is 1.44. The van der Waals surface area contributed by atoms with Gasteiger partial charge in [0.2, 0.25) is 17.8 Å². The average molecular weight is 259 g/mol. The molecule has 0 bridgehead atoms. The maximum atomic E-state index is 5.66. The second-order valence-electron chi connectivity index (χ2n) is 3.42. The molecule has 7 nitrogen and oxygen atoms in total. The van der Waals surface area contributed by atoms with E-state index >= 15 is 0 Å². The van der Waals surface area contributed by atoms with E-state index in [0.29, 0.717) is 11.9 Å². The highest BCUT2D eigenvalue weighted by molar-refractivity contribution is 7.08. The SMILES string of the molecule is Nc1nc(Nc2ccsc2)nc(-n2ccnc2)n1. The number of hydrogen-bond donors (Lipinski definition) is 2. The van der Waals surface area contributed by atoms with Crippen LogP contribution in [-0.2, 0) is 0 Å². The van der Waals surface area contributed by atoms with E-state index in [4.69, 9.17) is 5.73 Å². The molecule has 0 aliphatic heterocycles. The Morgan fingerprint density at radius 3 is 2.94 bits per heavy atom. The Hall–Kier alpha value is -2.48. The van der Waals surface area contributed by atoms with Crippen LogP contribution in [-0.4, -0.2) is 24.5 Å². The van der Waals surface area contributed by atoms with Gasteiger partial charge in [0.05, 0.1) is 5.69 Å². The zero-order valence-electron chi connectivity index (χ0n) is 9.19. The number of nitrogens with zero attached hydrogens (tertiary/aromatic N) is 5. The van der Waals surface area contributed by atoms with E-state index < -0.39 is 0 Å². The first kappa shape index (κ1) is 10.7. The molecule has 3 heterocycles. The Labute approximate surface area is 106 Å². The van der Waals surface area contributed by atoms with Crippen LogP contribution in [0.25, 0.3) is 5.95 Å². The van der Waals surface area contributed by atoms with Gasteiger partial charge in [0, 0.05) is 17.8 Å². The molecule has 0 saturated carbocycles. The van der Waals surface area contributed by atoms with Gasteiger partial charge in [-0.05, 0) is 11.4 Å². The van der Waals surface area contributed by atoms with Crippen LogP contribution in [0, 0.1) is 0 Å². The Kier molecular flexibility index (Phi) is 2.61. The molecular weight excluding hydrogens is 250 g/mol. The lowest BCUT2D eigenvalue weighted by molar-refractivity contribution is 0.906. The first-order chi connectivity index (χ1) is 8.81. The van der Waals surface area contributed by atoms with Crippen LogP contribution in [0.4, 0.5) is 17.6 Å². The van der Waals surface area contributed by atoms with Crippen molar-refractivity contribution in [2.45, 2.75) is 0 Å². The summed E-state index contributed by atoms with van der Waals surface area (Å²) in [5.74, 6) is 0.994. The number of nitrogens with one attached hydrogen (secondary N) is 1. The highest BCUT2D eigenvalue weighted by Crippen LogP contribution is 2.17. The molecule has 8 heteroatoms. The summed E-state index contributed by atoms with van der Waals surface area (Å²) in [4.78, 5) is 16.3. The summed E-state index contributed by atoms with van der Waals surface area (Å²) in [6.45, 7) is 0. The molecule has 0 spiro atoms. The smallest absolute Gasteiger partial charge is 0.241 e. The zero-order chi connectivity index (χ0) is 12.4. The molecule has 0 aliphatic rings. The van der Waals surface area contributed by atoms with Crippen molar-refractivity contribution in [2.75, 3.05) is 11.1 Å². The fourth-order valence-electron chi connectivity index (χ4n) is 1.39. The third kappa shape index (κ3) is 2.13. The van der Waals surface area contributed by atoms with Crippen molar-refractivity contribution in [3.63, 3.8) is 0 Å². The number of hydrogen-bond acceptors (Lipinski definition) is 7. The Bertz CT molecular complexity index is 632. The fraction of sp³-hybridized carbons (Fsp3) is 0. The van der Waals surface area contributed by atoms with Crippen molar-refractivity contribution in [1.82, 2.24) is 24.5 Å². The molecule has 0 radical (unpaired) electrons. The topological polar surface area (TPSA) is 94.5 Å². The molecule has 0 atom stereocenters. The molecule has 3 aromatic heterocycles. The molecule has 3 rings (SSSR count). The largest absolute Gasteiger partial charge is 0.368 e. The first-order valence-corrected chi connectivity index (χ1v) is 6.04. The van der Waals surface area contributed by atoms with E-state index in [1.807, 2.05) is 16.8 Å². The van der Waals surface area contributed by atoms with E-state index in [2.05, 4.69) is 25.3 Å². The molecule has 3 aromatic rings. The molecule has 0 fully saturated rings. The van der Waals surface area contributed by atoms with Crippen molar-refractivity contribution in [2.24, 2.45) is 0 Å². The number of anilines is 3. The fourth-order valence-corrected chi connectivity index (χ4v) is 1.98. The summed E-state index contributed by atoms with van der Waals surface area (Å²) < 4.78 is 1.66. The van der Waals surface area contributed by atoms with Crippen molar-refractivity contribution in [3.05, 3.63) is 35.5 Å². The van der Waals surface area contributed by atoms with Crippen LogP contribution in [0.3, 0.4) is 0 Å². The highest BCUT2D eigenvalue weighted by atomic mass is 32.1. The Morgan fingerprint density at radius 2 is 2.22 bits per heavy atom. The Morgan fingerprint density at radius 1 is 1.28 bits per heavy atom. The maximum Gasteiger partial charge on any atom is 0.241 e. The number of nitrogens with two attached hydrogens (primary N) is 1. The lowest BCUT2D eigenvalue weighted by Gasteiger charge is -2.05. The molecular formula is C10H9N7S. The number of imidazole rings is 1. The van der Waals surface area contributed by atoms with Crippen LogP contribution in [0.5, 0.6) is 0 Å². The summed E-state index contributed by atoms with van der Waals surface area (Å²) in [5, 5.41) is 6.98. The average Bonchev–Trinajstić information content (AvgIpc) is 3.00. The van der Waals surface area contributed by atoms with Gasteiger partial charge < -0.3 is 11.1 Å². The van der Waals surface area contributed by atoms with E-state index in [1.54, 1.807) is 34.6 Å². The van der Waals surface area contributed by atoms with Gasteiger partial charge in [-0.15, -0.1) is 0 Å². The van der Waals surface area contributed by atoms with E-state index in [9.17, 15) is 0 Å². The molecule has 0 unspecified atom stereocenters. The molecule has 0 aromatic carbocycles. The lowest BCUT2D eigenvalue weighted by Crippen LogP contribution is -2.08. The monoisotopic (exact) mass is 259 g/mol. The predicted molar refractivity (Wildman–Crippen MR) is 69.0 cm³/mol. The van der Waals surface area contributed by atoms with Gasteiger partial charge in [-0.3, -0.25) is 4.57 Å². The third-order valence-corrected chi connectivity index (χ3v) is 2.84. The van der Waals surface area contributed by atoms with E-state index in [1.165, 1.54) is 0 Å². The standard InChI is InChI=1S/C10H9N7S/c11-8-14-9(13-7-1-4-18-5-7)16-10(15-8)17-3-2-12-6-17/h1-6H,(H3,11,13,14,15,16). The Balaban J connectivity index is 1.96. The van der Waals surface area contributed by atoms with Crippen LogP contribution < -0.4 is 11.1 Å². The van der Waals surface area contributed by atoms with Crippen molar-refractivity contribution in [3.8, 4) is 5.95 Å². The van der Waals surface area contributed by atoms with Crippen molar-refractivity contribution in [1.29, 1.82) is 0 Å². The van der Waals surface area contributed by atoms with Crippen LogP contribution in [0.2, 0.25) is 0 Å². The minimum Gasteiger partial charge on any atom is -0.368 e. The summed E-state index contributed by atoms with van der Waals surface area (Å²) in [5.41, 5.74) is 6.58. The number of thiophene rings is 1. The third-order valence-electron chi connectivity index (χ3n) is 2.15. The molecule has 18 heavy (non-hydrogen) atoms. The molecule has 0 aliphatic carbocycles. The minimum atomic E-state index is 0.159. The van der Waals surface area contributed by atoms with Gasteiger partial charge in [-0.2, -0.15) is 26.3 Å². The summed E-state index contributed by atoms with van der Waals surface area (Å²) >= 11 is 1.58. The van der Waals surface area contributed by atoms with Gasteiger partial charge >= 0.3 is 0 Å². The first-order valence-electron chi connectivity index (χ1n) is 5.10. The maximum absolute atomic E-state index is 5.66. The second-order valence-corrected chi connectivity index (χ2v) is 4.20. The highest BCUT2D eigenvalue weighted by Gasteiger charge is 2.06. The summed E-state index contributed by atoms with van der Waals surface area (Å²) in [7, 11) is 0. The van der Waals surface area contributed by atoms with Crippen molar-refractivity contribution < 1.29 is 0 Å². The van der Waals surface area contributed by atoms with Gasteiger partial charge in [0.15, 0.2) is 0 Å². The van der Waals surface area contributed by atoms with Crippen LogP contribution in [0.15, 0.2) is 35.5 Å². The van der Waals surface area contributed by atoms with Crippen LogP contribution in [0.1, 0.15) is 0 Å². The summed E-state index contributed by atoms with van der Waals surface area (Å²) in [6.07, 6.45) is 4.98. The van der Waals surface area contributed by atoms with Gasteiger partial charge in [-0.25, -0.2) is 4.98 Å². The van der Waals surface area contributed by atoms with Gasteiger partial charge in [0.1, 0.15) is 6.33 Å². The number of rotatable bonds is 3. The molecule has 0 saturated heterocycles. The molecule has 0 amide bonds.